The highest BCUT2D eigenvalue weighted by Crippen LogP contribution is 2.29. The van der Waals surface area contributed by atoms with Gasteiger partial charge in [-0.15, -0.1) is 0 Å². The summed E-state index contributed by atoms with van der Waals surface area (Å²) in [5.74, 6) is -0.318. The number of aromatic nitrogens is 2. The van der Waals surface area contributed by atoms with Gasteiger partial charge < -0.3 is 19.9 Å². The van der Waals surface area contributed by atoms with E-state index in [2.05, 4.69) is 21.9 Å². The monoisotopic (exact) mass is 452 g/mol. The Morgan fingerprint density at radius 2 is 2.16 bits per heavy atom. The van der Waals surface area contributed by atoms with Crippen molar-refractivity contribution in [2.75, 3.05) is 12.4 Å². The fourth-order valence-corrected chi connectivity index (χ4v) is 3.87. The van der Waals surface area contributed by atoms with Crippen LogP contribution in [0.25, 0.3) is 0 Å². The van der Waals surface area contributed by atoms with Crippen LogP contribution >= 0.6 is 0 Å². The molecule has 168 valence electrons. The molecule has 0 spiro atoms. The summed E-state index contributed by atoms with van der Waals surface area (Å²) in [4.78, 5) is 20.9. The summed E-state index contributed by atoms with van der Waals surface area (Å²) in [5, 5.41) is 23.3. The predicted molar refractivity (Wildman–Crippen MR) is 109 cm³/mol. The van der Waals surface area contributed by atoms with Crippen LogP contribution in [0.5, 0.6) is 0 Å². The van der Waals surface area contributed by atoms with Crippen LogP contribution in [0.15, 0.2) is 41.4 Å². The van der Waals surface area contributed by atoms with Crippen molar-refractivity contribution in [2.24, 2.45) is 0 Å². The molecule has 31 heavy (non-hydrogen) atoms. The molecule has 0 unspecified atom stereocenters. The lowest BCUT2D eigenvalue weighted by molar-refractivity contribution is 0.0636. The lowest BCUT2D eigenvalue weighted by atomic mass is 10.1. The van der Waals surface area contributed by atoms with Gasteiger partial charge in [-0.25, -0.2) is 9.97 Å². The third kappa shape index (κ3) is 5.35. The zero-order valence-electron chi connectivity index (χ0n) is 17.0. The Labute approximate surface area is 179 Å². The molecule has 0 amide bonds. The summed E-state index contributed by atoms with van der Waals surface area (Å²) in [6.45, 7) is 5.33. The van der Waals surface area contributed by atoms with Crippen LogP contribution < -0.4 is 10.0 Å². The standard InChI is InChI=1S/C19H24N4O7S/c1-10(2)17(25)11-4-16(29-8-11)18(26)13-7-21-9-22-19(13)23-12-5-14(24)15(6-12)30-31(27,28)20-3/h4,7-9,12,14-15,17,20,24-25H,1,5-6H2,2-3H3,(H,21,22,23)/t12-,14+,15-,17+/m1/s1. The van der Waals surface area contributed by atoms with Gasteiger partial charge in [-0.3, -0.25) is 8.98 Å². The van der Waals surface area contributed by atoms with Crippen LogP contribution in [0, 0.1) is 0 Å². The van der Waals surface area contributed by atoms with Gasteiger partial charge in [0.05, 0.1) is 17.9 Å². The van der Waals surface area contributed by atoms with Crippen molar-refractivity contribution in [3.63, 3.8) is 0 Å². The van der Waals surface area contributed by atoms with Crippen LogP contribution in [-0.2, 0) is 14.5 Å². The van der Waals surface area contributed by atoms with Crippen molar-refractivity contribution in [1.82, 2.24) is 14.7 Å². The zero-order valence-corrected chi connectivity index (χ0v) is 17.8. The first-order chi connectivity index (χ1) is 14.6. The maximum Gasteiger partial charge on any atom is 0.335 e. The van der Waals surface area contributed by atoms with Crippen molar-refractivity contribution in [3.05, 3.63) is 53.9 Å². The molecule has 0 aromatic carbocycles. The second-order valence-electron chi connectivity index (χ2n) is 7.28. The summed E-state index contributed by atoms with van der Waals surface area (Å²) in [5.41, 5.74) is 1.02. The molecule has 12 heteroatoms. The molecule has 3 rings (SSSR count). The minimum absolute atomic E-state index is 0.0130. The van der Waals surface area contributed by atoms with Gasteiger partial charge in [-0.2, -0.15) is 13.1 Å². The second-order valence-corrected chi connectivity index (χ2v) is 8.79. The fourth-order valence-electron chi connectivity index (χ4n) is 3.24. The van der Waals surface area contributed by atoms with Crippen molar-refractivity contribution in [1.29, 1.82) is 0 Å². The molecule has 0 saturated heterocycles. The summed E-state index contributed by atoms with van der Waals surface area (Å²) in [6, 6.07) is 1.02. The van der Waals surface area contributed by atoms with Crippen LogP contribution in [0.3, 0.4) is 0 Å². The number of carbonyl (C=O) groups is 1. The van der Waals surface area contributed by atoms with Crippen LogP contribution in [0.2, 0.25) is 0 Å². The lowest BCUT2D eigenvalue weighted by Gasteiger charge is -2.15. The van der Waals surface area contributed by atoms with Gasteiger partial charge in [0.1, 0.15) is 24.4 Å². The van der Waals surface area contributed by atoms with E-state index in [4.69, 9.17) is 8.60 Å². The Bertz CT molecular complexity index is 1070. The van der Waals surface area contributed by atoms with Crippen LogP contribution in [-0.4, -0.2) is 59.7 Å². The fraction of sp³-hybridized carbons (Fsp3) is 0.421. The first-order valence-corrected chi connectivity index (χ1v) is 10.8. The number of ketones is 1. The largest absolute Gasteiger partial charge is 0.460 e. The van der Waals surface area contributed by atoms with E-state index in [1.165, 1.54) is 31.9 Å². The second kappa shape index (κ2) is 9.24. The number of hydrogen-bond donors (Lipinski definition) is 4. The van der Waals surface area contributed by atoms with Gasteiger partial charge in [-0.05, 0) is 31.4 Å². The van der Waals surface area contributed by atoms with E-state index in [9.17, 15) is 23.4 Å². The van der Waals surface area contributed by atoms with Crippen molar-refractivity contribution in [2.45, 2.75) is 44.1 Å². The van der Waals surface area contributed by atoms with Gasteiger partial charge in [-0.1, -0.05) is 6.58 Å². The molecule has 2 heterocycles. The van der Waals surface area contributed by atoms with Crippen molar-refractivity contribution >= 4 is 21.9 Å². The summed E-state index contributed by atoms with van der Waals surface area (Å²) >= 11 is 0. The van der Waals surface area contributed by atoms with E-state index >= 15 is 0 Å². The Balaban J connectivity index is 1.75. The zero-order chi connectivity index (χ0) is 22.8. The van der Waals surface area contributed by atoms with Gasteiger partial charge in [0.15, 0.2) is 5.76 Å². The van der Waals surface area contributed by atoms with Gasteiger partial charge >= 0.3 is 10.3 Å². The normalized spacial score (nSPS) is 22.3. The van der Waals surface area contributed by atoms with Gasteiger partial charge in [0.2, 0.25) is 5.78 Å². The van der Waals surface area contributed by atoms with Crippen LogP contribution in [0.4, 0.5) is 5.82 Å². The topological polar surface area (TPSA) is 164 Å². The van der Waals surface area contributed by atoms with Crippen LogP contribution in [0.1, 0.15) is 47.6 Å². The van der Waals surface area contributed by atoms with E-state index in [0.29, 0.717) is 11.1 Å². The third-order valence-corrected chi connectivity index (χ3v) is 5.90. The molecule has 0 radical (unpaired) electrons. The summed E-state index contributed by atoms with van der Waals surface area (Å²) < 4.78 is 35.5. The Morgan fingerprint density at radius 3 is 2.84 bits per heavy atom. The molecule has 4 N–H and O–H groups in total. The Morgan fingerprint density at radius 1 is 1.42 bits per heavy atom. The molecular formula is C19H24N4O7S. The SMILES string of the molecule is C=C(C)[C@H](O)c1coc(C(=O)c2cncnc2N[C@@H]2C[C@H](O)[C@H](OS(=O)(=O)NC)C2)c1. The summed E-state index contributed by atoms with van der Waals surface area (Å²) in [7, 11) is -2.75. The highest BCUT2D eigenvalue weighted by atomic mass is 32.2. The van der Waals surface area contributed by atoms with E-state index in [1.807, 2.05) is 4.72 Å². The molecule has 11 nitrogen and oxygen atoms in total. The number of rotatable bonds is 9. The van der Waals surface area contributed by atoms with E-state index in [-0.39, 0.29) is 30.0 Å². The molecule has 2 aromatic rings. The molecule has 1 fully saturated rings. The number of carbonyl (C=O) groups excluding carboxylic acids is 1. The lowest BCUT2D eigenvalue weighted by Crippen LogP contribution is -2.31. The van der Waals surface area contributed by atoms with Gasteiger partial charge in [0.25, 0.3) is 0 Å². The number of hydrogen-bond acceptors (Lipinski definition) is 10. The number of nitrogens with one attached hydrogen (secondary N) is 2. The molecule has 1 aliphatic rings. The highest BCUT2D eigenvalue weighted by molar-refractivity contribution is 7.84. The highest BCUT2D eigenvalue weighted by Gasteiger charge is 2.37. The average molecular weight is 452 g/mol. The number of furan rings is 1. The third-order valence-electron chi connectivity index (χ3n) is 4.90. The smallest absolute Gasteiger partial charge is 0.335 e. The Hall–Kier alpha value is -2.64. The summed E-state index contributed by atoms with van der Waals surface area (Å²) in [6.07, 6.45) is 1.31. The predicted octanol–water partition coefficient (Wildman–Crippen LogP) is 0.695. The maximum atomic E-state index is 12.9. The minimum Gasteiger partial charge on any atom is -0.460 e. The quantitative estimate of drug-likeness (QED) is 0.314. The molecular weight excluding hydrogens is 428 g/mol. The number of aliphatic hydroxyl groups is 2. The molecule has 0 bridgehead atoms. The first kappa shape index (κ1) is 23.0. The average Bonchev–Trinajstić information content (AvgIpc) is 3.34. The molecule has 0 aliphatic heterocycles. The number of nitrogens with zero attached hydrogens (tertiary/aromatic N) is 2. The van der Waals surface area contributed by atoms with E-state index in [0.717, 1.165) is 0 Å². The number of aliphatic hydroxyl groups excluding tert-OH is 2. The van der Waals surface area contributed by atoms with Gasteiger partial charge in [0, 0.05) is 24.8 Å². The molecule has 1 aliphatic carbocycles. The van der Waals surface area contributed by atoms with E-state index in [1.54, 1.807) is 6.92 Å². The molecule has 2 aromatic heterocycles. The maximum absolute atomic E-state index is 12.9. The Kier molecular flexibility index (Phi) is 6.86. The minimum atomic E-state index is -3.96. The van der Waals surface area contributed by atoms with Crippen molar-refractivity contribution in [3.8, 4) is 0 Å². The first-order valence-electron chi connectivity index (χ1n) is 9.44. The molecule has 1 saturated carbocycles. The molecule has 4 atom stereocenters. The van der Waals surface area contributed by atoms with Crippen molar-refractivity contribution < 1.29 is 32.0 Å². The number of anilines is 1. The van der Waals surface area contributed by atoms with E-state index < -0.39 is 40.4 Å².